The molecular weight excluding hydrogens is 771 g/mol. The maximum atomic E-state index is 13.7. The van der Waals surface area contributed by atoms with Gasteiger partial charge in [0.1, 0.15) is 0 Å². The molecule has 1 saturated heterocycles. The summed E-state index contributed by atoms with van der Waals surface area (Å²) in [4.78, 5) is 28.4. The van der Waals surface area contributed by atoms with Crippen LogP contribution in [0.25, 0.3) is 0 Å². The quantitative estimate of drug-likeness (QED) is 0.125. The van der Waals surface area contributed by atoms with Gasteiger partial charge in [0.15, 0.2) is 34.5 Å². The van der Waals surface area contributed by atoms with Crippen molar-refractivity contribution in [3.05, 3.63) is 47.5 Å². The van der Waals surface area contributed by atoms with Crippen LogP contribution in [-0.2, 0) is 30.4 Å². The second kappa shape index (κ2) is 15.5. The maximum Gasteiger partial charge on any atom is 0.294 e. The van der Waals surface area contributed by atoms with Gasteiger partial charge in [-0.2, -0.15) is 25.3 Å². The van der Waals surface area contributed by atoms with E-state index in [1.807, 2.05) is 0 Å². The SMILES string of the molecule is O=C(c1cc(S(=O)(=O)O)cc(O)c1O)N1CCCCN(C(=O)c2cc(S(=O)(=O)O)cc(O)c2O)CCCN(c2cc(S(=O)(=O)O)cc(O)c2O)CCC1. The normalized spacial score (nSPS) is 15.6. The van der Waals surface area contributed by atoms with E-state index in [0.29, 0.717) is 30.3 Å². The van der Waals surface area contributed by atoms with Gasteiger partial charge in [0.05, 0.1) is 31.5 Å². The molecule has 0 spiro atoms. The molecule has 1 aliphatic heterocycles. The number of rotatable bonds is 6. The number of aromatic hydroxyl groups is 6. The first-order valence-electron chi connectivity index (χ1n) is 15.4. The highest BCUT2D eigenvalue weighted by atomic mass is 32.2. The molecule has 290 valence electrons. The van der Waals surface area contributed by atoms with Gasteiger partial charge in [0, 0.05) is 57.5 Å². The molecule has 53 heavy (non-hydrogen) atoms. The van der Waals surface area contributed by atoms with Crippen LogP contribution in [0.5, 0.6) is 34.5 Å². The number of carbonyl (C=O) groups excluding carboxylic acids is 2. The lowest BCUT2D eigenvalue weighted by Crippen LogP contribution is -2.36. The number of amides is 2. The third-order valence-electron chi connectivity index (χ3n) is 8.26. The Morgan fingerprint density at radius 3 is 1.13 bits per heavy atom. The Labute approximate surface area is 302 Å². The molecule has 2 amide bonds. The third kappa shape index (κ3) is 9.49. The van der Waals surface area contributed by atoms with Gasteiger partial charge < -0.3 is 45.3 Å². The number of nitrogens with zero attached hydrogens (tertiary/aromatic N) is 3. The van der Waals surface area contributed by atoms with Crippen LogP contribution >= 0.6 is 0 Å². The van der Waals surface area contributed by atoms with Crippen LogP contribution < -0.4 is 4.90 Å². The zero-order valence-electron chi connectivity index (χ0n) is 27.4. The molecule has 0 saturated carbocycles. The molecule has 1 heterocycles. The number of hydrogen-bond acceptors (Lipinski definition) is 15. The minimum Gasteiger partial charge on any atom is -0.504 e. The van der Waals surface area contributed by atoms with Crippen LogP contribution in [0, 0.1) is 0 Å². The summed E-state index contributed by atoms with van der Waals surface area (Å²) in [5.41, 5.74) is -1.70. The van der Waals surface area contributed by atoms with Crippen molar-refractivity contribution >= 4 is 47.9 Å². The van der Waals surface area contributed by atoms with Gasteiger partial charge in [-0.1, -0.05) is 0 Å². The van der Waals surface area contributed by atoms with Crippen LogP contribution in [-0.4, -0.2) is 130 Å². The Bertz CT molecular complexity index is 2150. The largest absolute Gasteiger partial charge is 0.504 e. The first kappa shape index (κ1) is 40.7. The standard InChI is InChI=1S/C30H35N3O17S3/c34-23-14-17(51(42,43)44)11-20(26(23)37)29(40)32-5-1-2-6-33(30(41)21-12-18(52(45,46)47)15-24(35)27(21)38)10-4-8-31(7-3-9-32)22-13-19(53(48,49)50)16-25(36)28(22)39/h11-16,34-39H,1-10H2,(H,42,43,44)(H,45,46,47)(H,48,49,50). The van der Waals surface area contributed by atoms with E-state index >= 15 is 0 Å². The van der Waals surface area contributed by atoms with Crippen molar-refractivity contribution in [3.63, 3.8) is 0 Å². The molecular formula is C30H35N3O17S3. The molecule has 1 aliphatic rings. The zero-order valence-corrected chi connectivity index (χ0v) is 29.8. The van der Waals surface area contributed by atoms with Crippen LogP contribution in [0.3, 0.4) is 0 Å². The summed E-state index contributed by atoms with van der Waals surface area (Å²) in [6, 6.07) is 3.79. The Balaban J connectivity index is 1.76. The minimum absolute atomic E-state index is 0.0188. The van der Waals surface area contributed by atoms with Crippen LogP contribution in [0.4, 0.5) is 5.69 Å². The second-order valence-electron chi connectivity index (χ2n) is 11.9. The van der Waals surface area contributed by atoms with E-state index in [-0.39, 0.29) is 70.6 Å². The highest BCUT2D eigenvalue weighted by molar-refractivity contribution is 7.86. The van der Waals surface area contributed by atoms with Crippen molar-refractivity contribution in [2.24, 2.45) is 0 Å². The summed E-state index contributed by atoms with van der Waals surface area (Å²) < 4.78 is 99.6. The molecule has 0 atom stereocenters. The Hall–Kier alpha value is -5.07. The van der Waals surface area contributed by atoms with Crippen molar-refractivity contribution < 1.29 is 79.1 Å². The first-order valence-corrected chi connectivity index (χ1v) is 19.8. The topological polar surface area (TPSA) is 328 Å². The van der Waals surface area contributed by atoms with Crippen molar-refractivity contribution in [1.82, 2.24) is 9.80 Å². The summed E-state index contributed by atoms with van der Waals surface area (Å²) >= 11 is 0. The number of benzene rings is 3. The van der Waals surface area contributed by atoms with Crippen molar-refractivity contribution in [2.75, 3.05) is 44.2 Å². The van der Waals surface area contributed by atoms with Gasteiger partial charge in [-0.05, 0) is 43.9 Å². The van der Waals surface area contributed by atoms with Crippen LogP contribution in [0.2, 0.25) is 0 Å². The number of phenols is 6. The molecule has 3 aromatic rings. The third-order valence-corrected chi connectivity index (χ3v) is 10.8. The number of phenolic OH excluding ortho intramolecular Hbond substituents is 6. The van der Waals surface area contributed by atoms with Gasteiger partial charge in [-0.3, -0.25) is 23.2 Å². The molecule has 9 N–H and O–H groups in total. The van der Waals surface area contributed by atoms with E-state index < -0.39 is 102 Å². The molecule has 0 aliphatic carbocycles. The highest BCUT2D eigenvalue weighted by Crippen LogP contribution is 2.39. The van der Waals surface area contributed by atoms with Gasteiger partial charge in [-0.25, -0.2) is 0 Å². The van der Waals surface area contributed by atoms with E-state index in [9.17, 15) is 79.1 Å². The summed E-state index contributed by atoms with van der Waals surface area (Å²) in [5, 5.41) is 62.1. The highest BCUT2D eigenvalue weighted by Gasteiger charge is 2.28. The lowest BCUT2D eigenvalue weighted by atomic mass is 10.1. The molecule has 1 fully saturated rings. The smallest absolute Gasteiger partial charge is 0.294 e. The fraction of sp³-hybridized carbons (Fsp3) is 0.333. The first-order chi connectivity index (χ1) is 24.5. The van der Waals surface area contributed by atoms with Gasteiger partial charge >= 0.3 is 0 Å². The summed E-state index contributed by atoms with van der Waals surface area (Å²) in [5.74, 6) is -7.79. The van der Waals surface area contributed by atoms with Crippen molar-refractivity contribution in [1.29, 1.82) is 0 Å². The Morgan fingerprint density at radius 2 is 0.774 bits per heavy atom. The zero-order chi connectivity index (χ0) is 39.6. The van der Waals surface area contributed by atoms with Gasteiger partial charge in [0.25, 0.3) is 42.2 Å². The molecule has 20 nitrogen and oxygen atoms in total. The van der Waals surface area contributed by atoms with Crippen LogP contribution in [0.15, 0.2) is 51.1 Å². The second-order valence-corrected chi connectivity index (χ2v) is 16.2. The van der Waals surface area contributed by atoms with E-state index in [1.54, 1.807) is 0 Å². The van der Waals surface area contributed by atoms with E-state index in [0.717, 1.165) is 15.9 Å². The maximum absolute atomic E-state index is 13.7. The predicted molar refractivity (Wildman–Crippen MR) is 181 cm³/mol. The van der Waals surface area contributed by atoms with E-state index in [4.69, 9.17) is 0 Å². The Morgan fingerprint density at radius 1 is 0.453 bits per heavy atom. The predicted octanol–water partition coefficient (Wildman–Crippen LogP) is 1.33. The molecule has 4 rings (SSSR count). The molecule has 23 heteroatoms. The van der Waals surface area contributed by atoms with E-state index in [2.05, 4.69) is 0 Å². The number of anilines is 1. The van der Waals surface area contributed by atoms with Gasteiger partial charge in [0.2, 0.25) is 0 Å². The number of hydrogen-bond donors (Lipinski definition) is 9. The minimum atomic E-state index is -4.95. The number of carbonyl (C=O) groups is 2. The summed E-state index contributed by atoms with van der Waals surface area (Å²) in [6.45, 7) is -0.819. The fourth-order valence-electron chi connectivity index (χ4n) is 5.61. The summed E-state index contributed by atoms with van der Waals surface area (Å²) in [6.07, 6.45) is 0.282. The lowest BCUT2D eigenvalue weighted by molar-refractivity contribution is 0.0719. The summed E-state index contributed by atoms with van der Waals surface area (Å²) in [7, 11) is -14.8. The average molecular weight is 806 g/mol. The van der Waals surface area contributed by atoms with Crippen molar-refractivity contribution in [2.45, 2.75) is 40.4 Å². The average Bonchev–Trinajstić information content (AvgIpc) is 3.07. The monoisotopic (exact) mass is 805 g/mol. The van der Waals surface area contributed by atoms with E-state index in [1.165, 1.54) is 4.90 Å². The molecule has 0 aromatic heterocycles. The lowest BCUT2D eigenvalue weighted by Gasteiger charge is -2.29. The van der Waals surface area contributed by atoms with Crippen LogP contribution in [0.1, 0.15) is 46.4 Å². The molecule has 0 bridgehead atoms. The molecule has 0 unspecified atom stereocenters. The molecule has 0 radical (unpaired) electrons. The van der Waals surface area contributed by atoms with Crippen molar-refractivity contribution in [3.8, 4) is 34.5 Å². The fourth-order valence-corrected chi connectivity index (χ4v) is 7.19. The molecule has 3 aromatic carbocycles. The Kier molecular flexibility index (Phi) is 11.9. The van der Waals surface area contributed by atoms with Gasteiger partial charge in [-0.15, -0.1) is 0 Å².